The van der Waals surface area contributed by atoms with E-state index in [1.807, 2.05) is 0 Å². The first-order chi connectivity index (χ1) is 11.2. The first kappa shape index (κ1) is 18.0. The SMILES string of the molecule is CCNS(=O)(=O)c1ccc(F)c(C(=O)Nc2cc(F)ccc2C)c1. The van der Waals surface area contributed by atoms with Gasteiger partial charge >= 0.3 is 0 Å². The maximum absolute atomic E-state index is 13.9. The van der Waals surface area contributed by atoms with E-state index in [0.29, 0.717) is 5.56 Å². The largest absolute Gasteiger partial charge is 0.322 e. The fourth-order valence-corrected chi connectivity index (χ4v) is 3.10. The van der Waals surface area contributed by atoms with E-state index in [1.165, 1.54) is 12.1 Å². The number of rotatable bonds is 5. The van der Waals surface area contributed by atoms with E-state index in [9.17, 15) is 22.0 Å². The third kappa shape index (κ3) is 3.95. The summed E-state index contributed by atoms with van der Waals surface area (Å²) in [4.78, 5) is 12.0. The molecular formula is C16H16F2N2O3S. The molecule has 2 aromatic rings. The summed E-state index contributed by atoms with van der Waals surface area (Å²) in [7, 11) is -3.83. The molecule has 0 heterocycles. The molecule has 0 aliphatic carbocycles. The third-order valence-electron chi connectivity index (χ3n) is 3.27. The number of amides is 1. The molecular weight excluding hydrogens is 338 g/mol. The summed E-state index contributed by atoms with van der Waals surface area (Å²) in [6, 6.07) is 6.71. The number of carbonyl (C=O) groups excluding carboxylic acids is 1. The van der Waals surface area contributed by atoms with Gasteiger partial charge in [-0.3, -0.25) is 4.79 Å². The van der Waals surface area contributed by atoms with Crippen molar-refractivity contribution < 1.29 is 22.0 Å². The van der Waals surface area contributed by atoms with Crippen molar-refractivity contribution >= 4 is 21.6 Å². The van der Waals surface area contributed by atoms with Gasteiger partial charge in [0.15, 0.2) is 0 Å². The molecule has 0 unspecified atom stereocenters. The van der Waals surface area contributed by atoms with Crippen LogP contribution in [-0.4, -0.2) is 20.9 Å². The quantitative estimate of drug-likeness (QED) is 0.867. The van der Waals surface area contributed by atoms with Crippen molar-refractivity contribution in [1.29, 1.82) is 0 Å². The standard InChI is InChI=1S/C16H16F2N2O3S/c1-3-19-24(22,23)12-6-7-14(18)13(9-12)16(21)20-15-8-11(17)5-4-10(15)2/h4-9,19H,3H2,1-2H3,(H,20,21). The predicted octanol–water partition coefficient (Wildman–Crippen LogP) is 2.82. The minimum absolute atomic E-state index is 0.156. The molecule has 0 aromatic heterocycles. The fourth-order valence-electron chi connectivity index (χ4n) is 2.04. The molecule has 0 bridgehead atoms. The molecule has 2 rings (SSSR count). The molecule has 0 aliphatic rings. The summed E-state index contributed by atoms with van der Waals surface area (Å²) in [6.07, 6.45) is 0. The number of sulfonamides is 1. The Labute approximate surface area is 138 Å². The van der Waals surface area contributed by atoms with Crippen LogP contribution in [0, 0.1) is 18.6 Å². The molecule has 0 saturated heterocycles. The first-order valence-electron chi connectivity index (χ1n) is 7.11. The number of halogens is 2. The van der Waals surface area contributed by atoms with Gasteiger partial charge in [-0.05, 0) is 42.8 Å². The number of benzene rings is 2. The summed E-state index contributed by atoms with van der Waals surface area (Å²) >= 11 is 0. The maximum Gasteiger partial charge on any atom is 0.258 e. The monoisotopic (exact) mass is 354 g/mol. The second-order valence-corrected chi connectivity index (χ2v) is 6.82. The highest BCUT2D eigenvalue weighted by Crippen LogP contribution is 2.20. The lowest BCUT2D eigenvalue weighted by Gasteiger charge is -2.11. The average Bonchev–Trinajstić information content (AvgIpc) is 2.51. The summed E-state index contributed by atoms with van der Waals surface area (Å²) in [5.74, 6) is -2.30. The topological polar surface area (TPSA) is 75.3 Å². The van der Waals surface area contributed by atoms with Crippen molar-refractivity contribution in [3.63, 3.8) is 0 Å². The summed E-state index contributed by atoms with van der Waals surface area (Å²) < 4.78 is 53.4. The lowest BCUT2D eigenvalue weighted by Crippen LogP contribution is -2.24. The van der Waals surface area contributed by atoms with Gasteiger partial charge in [0.05, 0.1) is 10.5 Å². The molecule has 128 valence electrons. The van der Waals surface area contributed by atoms with Crippen LogP contribution in [-0.2, 0) is 10.0 Å². The Balaban J connectivity index is 2.37. The van der Waals surface area contributed by atoms with E-state index in [4.69, 9.17) is 0 Å². The molecule has 1 amide bonds. The highest BCUT2D eigenvalue weighted by molar-refractivity contribution is 7.89. The number of nitrogens with one attached hydrogen (secondary N) is 2. The molecule has 0 fully saturated rings. The highest BCUT2D eigenvalue weighted by atomic mass is 32.2. The van der Waals surface area contributed by atoms with Gasteiger partial charge in [-0.2, -0.15) is 0 Å². The van der Waals surface area contributed by atoms with Gasteiger partial charge in [0.2, 0.25) is 10.0 Å². The minimum atomic E-state index is -3.83. The molecule has 0 saturated carbocycles. The van der Waals surface area contributed by atoms with Crippen LogP contribution < -0.4 is 10.0 Å². The predicted molar refractivity (Wildman–Crippen MR) is 86.4 cm³/mol. The van der Waals surface area contributed by atoms with Gasteiger partial charge in [-0.15, -0.1) is 0 Å². The second-order valence-electron chi connectivity index (χ2n) is 5.06. The fraction of sp³-hybridized carbons (Fsp3) is 0.188. The Morgan fingerprint density at radius 3 is 2.50 bits per heavy atom. The molecule has 8 heteroatoms. The van der Waals surface area contributed by atoms with Crippen molar-refractivity contribution in [3.8, 4) is 0 Å². The Morgan fingerprint density at radius 1 is 1.12 bits per heavy atom. The first-order valence-corrected chi connectivity index (χ1v) is 8.59. The van der Waals surface area contributed by atoms with Crippen LogP contribution in [0.3, 0.4) is 0 Å². The molecule has 0 atom stereocenters. The number of anilines is 1. The number of aryl methyl sites for hydroxylation is 1. The zero-order valence-corrected chi connectivity index (χ0v) is 13.9. The van der Waals surface area contributed by atoms with Crippen molar-refractivity contribution in [1.82, 2.24) is 4.72 Å². The number of hydrogen-bond acceptors (Lipinski definition) is 3. The Morgan fingerprint density at radius 2 is 1.83 bits per heavy atom. The number of hydrogen-bond donors (Lipinski definition) is 2. The van der Waals surface area contributed by atoms with E-state index in [-0.39, 0.29) is 17.1 Å². The van der Waals surface area contributed by atoms with E-state index < -0.39 is 33.1 Å². The summed E-state index contributed by atoms with van der Waals surface area (Å²) in [5, 5.41) is 2.38. The second kappa shape index (κ2) is 7.06. The summed E-state index contributed by atoms with van der Waals surface area (Å²) in [6.45, 7) is 3.41. The van der Waals surface area contributed by atoms with Crippen LogP contribution in [0.2, 0.25) is 0 Å². The lowest BCUT2D eigenvalue weighted by atomic mass is 10.1. The van der Waals surface area contributed by atoms with Crippen LogP contribution in [0.1, 0.15) is 22.8 Å². The van der Waals surface area contributed by atoms with Crippen LogP contribution >= 0.6 is 0 Å². The lowest BCUT2D eigenvalue weighted by molar-refractivity contribution is 0.102. The Hall–Kier alpha value is -2.32. The Bertz CT molecular complexity index is 883. The zero-order chi connectivity index (χ0) is 17.9. The van der Waals surface area contributed by atoms with Gasteiger partial charge < -0.3 is 5.32 Å². The third-order valence-corrected chi connectivity index (χ3v) is 4.82. The van der Waals surface area contributed by atoms with Crippen LogP contribution in [0.5, 0.6) is 0 Å². The van der Waals surface area contributed by atoms with Crippen molar-refractivity contribution in [3.05, 3.63) is 59.2 Å². The van der Waals surface area contributed by atoms with Crippen molar-refractivity contribution in [2.24, 2.45) is 0 Å². The van der Waals surface area contributed by atoms with Crippen molar-refractivity contribution in [2.45, 2.75) is 18.7 Å². The molecule has 2 N–H and O–H groups in total. The normalized spacial score (nSPS) is 11.3. The Kier molecular flexibility index (Phi) is 5.30. The van der Waals surface area contributed by atoms with Gasteiger partial charge in [0, 0.05) is 12.2 Å². The number of carbonyl (C=O) groups is 1. The van der Waals surface area contributed by atoms with Crippen LogP contribution in [0.25, 0.3) is 0 Å². The van der Waals surface area contributed by atoms with Gasteiger partial charge in [-0.1, -0.05) is 13.0 Å². The van der Waals surface area contributed by atoms with Crippen LogP contribution in [0.15, 0.2) is 41.3 Å². The van der Waals surface area contributed by atoms with Gasteiger partial charge in [0.25, 0.3) is 5.91 Å². The molecule has 0 spiro atoms. The van der Waals surface area contributed by atoms with E-state index in [2.05, 4.69) is 10.0 Å². The average molecular weight is 354 g/mol. The van der Waals surface area contributed by atoms with Crippen LogP contribution in [0.4, 0.5) is 14.5 Å². The molecule has 2 aromatic carbocycles. The zero-order valence-electron chi connectivity index (χ0n) is 13.1. The molecule has 0 radical (unpaired) electrons. The van der Waals surface area contributed by atoms with E-state index in [0.717, 1.165) is 24.3 Å². The molecule has 0 aliphatic heterocycles. The van der Waals surface area contributed by atoms with Crippen molar-refractivity contribution in [2.75, 3.05) is 11.9 Å². The summed E-state index contributed by atoms with van der Waals surface area (Å²) in [5.41, 5.74) is 0.318. The smallest absolute Gasteiger partial charge is 0.258 e. The van der Waals surface area contributed by atoms with E-state index >= 15 is 0 Å². The minimum Gasteiger partial charge on any atom is -0.322 e. The van der Waals surface area contributed by atoms with Gasteiger partial charge in [0.1, 0.15) is 11.6 Å². The van der Waals surface area contributed by atoms with E-state index in [1.54, 1.807) is 13.8 Å². The van der Waals surface area contributed by atoms with Gasteiger partial charge in [-0.25, -0.2) is 21.9 Å². The highest BCUT2D eigenvalue weighted by Gasteiger charge is 2.19. The maximum atomic E-state index is 13.9. The molecule has 24 heavy (non-hydrogen) atoms. The molecule has 5 nitrogen and oxygen atoms in total.